The van der Waals surface area contributed by atoms with E-state index in [0.717, 1.165) is 6.42 Å². The van der Waals surface area contributed by atoms with Crippen molar-refractivity contribution in [2.75, 3.05) is 13.7 Å². The van der Waals surface area contributed by atoms with Crippen molar-refractivity contribution in [2.24, 2.45) is 11.3 Å². The van der Waals surface area contributed by atoms with Crippen molar-refractivity contribution in [3.63, 3.8) is 0 Å². The molecule has 1 aromatic carbocycles. The zero-order chi connectivity index (χ0) is 20.8. The quantitative estimate of drug-likeness (QED) is 0.722. The molecule has 0 spiro atoms. The van der Waals surface area contributed by atoms with E-state index in [1.807, 2.05) is 13.8 Å². The molecule has 2 atom stereocenters. The van der Waals surface area contributed by atoms with Gasteiger partial charge in [0.15, 0.2) is 6.04 Å². The van der Waals surface area contributed by atoms with Crippen LogP contribution in [0.5, 0.6) is 5.75 Å². The van der Waals surface area contributed by atoms with Gasteiger partial charge in [-0.25, -0.2) is 4.79 Å². The van der Waals surface area contributed by atoms with E-state index in [1.54, 1.807) is 45.0 Å². The van der Waals surface area contributed by atoms with Crippen LogP contribution in [0.25, 0.3) is 0 Å². The number of carbonyl (C=O) groups is 2. The van der Waals surface area contributed by atoms with Crippen LogP contribution < -0.4 is 10.1 Å². The second-order valence-electron chi connectivity index (χ2n) is 7.16. The van der Waals surface area contributed by atoms with Crippen molar-refractivity contribution in [1.82, 2.24) is 5.32 Å². The highest BCUT2D eigenvalue weighted by atomic mass is 16.5. The number of nitrogens with one attached hydrogen (secondary N) is 1. The molecule has 140 valence electrons. The lowest BCUT2D eigenvalue weighted by molar-refractivity contribution is -0.146. The maximum Gasteiger partial charge on any atom is 0.333 e. The van der Waals surface area contributed by atoms with Gasteiger partial charge >= 0.3 is 5.97 Å². The second kappa shape index (κ2) is 9.44. The van der Waals surface area contributed by atoms with Crippen LogP contribution in [0.2, 0.25) is 0 Å². The Morgan fingerprint density at radius 3 is 2.32 bits per heavy atom. The van der Waals surface area contributed by atoms with E-state index in [4.69, 9.17) is 12.2 Å². The third-order valence-corrected chi connectivity index (χ3v) is 3.71. The van der Waals surface area contributed by atoms with E-state index in [1.165, 1.54) is 7.11 Å². The van der Waals surface area contributed by atoms with E-state index in [9.17, 15) is 9.59 Å². The molecule has 1 amide bonds. The van der Waals surface area contributed by atoms with E-state index < -0.39 is 24.0 Å². The standard InChI is InChI=1S/C20H31NO4/c1-7-8-14(2)13-25-16-11-9-15(10-12-16)17(18(22)24-6)21-19(23)20(3,4)5/h9-12,14,17H,7-8,13H2,1-6H3,(H,21,23)/t14-,17+/m0/s1/i13D2. The molecular formula is C20H31NO4. The van der Waals surface area contributed by atoms with Gasteiger partial charge in [-0.2, -0.15) is 0 Å². The molecule has 0 aromatic heterocycles. The number of hydrogen-bond acceptors (Lipinski definition) is 4. The van der Waals surface area contributed by atoms with Gasteiger partial charge in [0.1, 0.15) is 5.75 Å². The number of ether oxygens (including phenoxy) is 2. The lowest BCUT2D eigenvalue weighted by atomic mass is 9.94. The monoisotopic (exact) mass is 351 g/mol. The summed E-state index contributed by atoms with van der Waals surface area (Å²) in [6.45, 7) is 7.29. The summed E-state index contributed by atoms with van der Waals surface area (Å²) in [5, 5.41) is 2.70. The van der Waals surface area contributed by atoms with Gasteiger partial charge in [0.25, 0.3) is 0 Å². The van der Waals surface area contributed by atoms with Gasteiger partial charge < -0.3 is 14.8 Å². The van der Waals surface area contributed by atoms with Crippen LogP contribution in [0.3, 0.4) is 0 Å². The summed E-state index contributed by atoms with van der Waals surface area (Å²) >= 11 is 0. The Kier molecular flexibility index (Phi) is 6.71. The highest BCUT2D eigenvalue weighted by Gasteiger charge is 2.29. The first-order valence-electron chi connectivity index (χ1n) is 9.60. The van der Waals surface area contributed by atoms with Crippen LogP contribution in [-0.2, 0) is 14.3 Å². The Labute approximate surface area is 153 Å². The topological polar surface area (TPSA) is 64.6 Å². The molecule has 5 heteroatoms. The smallest absolute Gasteiger partial charge is 0.333 e. The Morgan fingerprint density at radius 1 is 1.24 bits per heavy atom. The van der Waals surface area contributed by atoms with Gasteiger partial charge in [0.2, 0.25) is 5.91 Å². The first-order valence-corrected chi connectivity index (χ1v) is 8.60. The Hall–Kier alpha value is -2.04. The normalized spacial score (nSPS) is 15.4. The molecule has 0 aliphatic heterocycles. The first-order chi connectivity index (χ1) is 12.4. The molecule has 0 radical (unpaired) electrons. The number of benzene rings is 1. The van der Waals surface area contributed by atoms with E-state index in [-0.39, 0.29) is 11.8 Å². The van der Waals surface area contributed by atoms with Crippen molar-refractivity contribution in [3.05, 3.63) is 29.8 Å². The van der Waals surface area contributed by atoms with Gasteiger partial charge in [0, 0.05) is 5.41 Å². The predicted molar refractivity (Wildman–Crippen MR) is 98.4 cm³/mol. The van der Waals surface area contributed by atoms with Crippen molar-refractivity contribution < 1.29 is 21.8 Å². The third-order valence-electron chi connectivity index (χ3n) is 3.71. The van der Waals surface area contributed by atoms with Gasteiger partial charge in [-0.05, 0) is 30.0 Å². The molecule has 25 heavy (non-hydrogen) atoms. The number of rotatable bonds is 8. The summed E-state index contributed by atoms with van der Waals surface area (Å²) < 4.78 is 26.5. The van der Waals surface area contributed by atoms with Crippen LogP contribution in [0.15, 0.2) is 24.3 Å². The zero-order valence-electron chi connectivity index (χ0n) is 18.0. The van der Waals surface area contributed by atoms with Crippen molar-refractivity contribution in [3.8, 4) is 5.75 Å². The number of methoxy groups -OCH3 is 1. The van der Waals surface area contributed by atoms with Crippen molar-refractivity contribution in [2.45, 2.75) is 53.5 Å². The molecule has 1 aromatic rings. The molecule has 1 rings (SSSR count). The molecule has 0 saturated carbocycles. The minimum absolute atomic E-state index is 0.254. The molecule has 1 N–H and O–H groups in total. The lowest BCUT2D eigenvalue weighted by Crippen LogP contribution is -2.40. The van der Waals surface area contributed by atoms with Gasteiger partial charge in [0.05, 0.1) is 16.4 Å². The average molecular weight is 351 g/mol. The van der Waals surface area contributed by atoms with E-state index in [2.05, 4.69) is 5.32 Å². The van der Waals surface area contributed by atoms with Gasteiger partial charge in [-0.3, -0.25) is 4.79 Å². The summed E-state index contributed by atoms with van der Waals surface area (Å²) in [7, 11) is 1.26. The molecular weight excluding hydrogens is 318 g/mol. The van der Waals surface area contributed by atoms with Crippen LogP contribution in [-0.4, -0.2) is 25.5 Å². The molecule has 0 heterocycles. The fourth-order valence-electron chi connectivity index (χ4n) is 2.13. The highest BCUT2D eigenvalue weighted by molar-refractivity contribution is 5.88. The summed E-state index contributed by atoms with van der Waals surface area (Å²) in [6.07, 6.45) is 1.59. The number of esters is 1. The molecule has 0 fully saturated rings. The average Bonchev–Trinajstić information content (AvgIpc) is 2.58. The molecule has 0 bridgehead atoms. The van der Waals surface area contributed by atoms with Gasteiger partial charge in [-0.1, -0.05) is 53.2 Å². The zero-order valence-corrected chi connectivity index (χ0v) is 16.0. The second-order valence-corrected chi connectivity index (χ2v) is 7.16. The Bertz CT molecular complexity index is 638. The van der Waals surface area contributed by atoms with Crippen molar-refractivity contribution >= 4 is 11.9 Å². The molecule has 0 aliphatic rings. The predicted octanol–water partition coefficient (Wildman–Crippen LogP) is 3.88. The summed E-state index contributed by atoms with van der Waals surface area (Å²) in [5.41, 5.74) is -0.116. The number of carbonyl (C=O) groups excluding carboxylic acids is 2. The largest absolute Gasteiger partial charge is 0.493 e. The fraction of sp³-hybridized carbons (Fsp3) is 0.600. The van der Waals surface area contributed by atoms with E-state index in [0.29, 0.717) is 17.7 Å². The van der Waals surface area contributed by atoms with Crippen LogP contribution in [0.4, 0.5) is 0 Å². The van der Waals surface area contributed by atoms with Crippen LogP contribution in [0, 0.1) is 11.3 Å². The minimum atomic E-state index is -1.79. The number of hydrogen-bond donors (Lipinski definition) is 1. The molecule has 0 aliphatic carbocycles. The molecule has 0 saturated heterocycles. The van der Waals surface area contributed by atoms with Crippen LogP contribution >= 0.6 is 0 Å². The SMILES string of the molecule is [2H]C([2H])(Oc1ccc([C@@H](NC(=O)C(C)(C)C)C(=O)OC)cc1)[C@@H](C)CCC. The fourth-order valence-corrected chi connectivity index (χ4v) is 2.13. The highest BCUT2D eigenvalue weighted by Crippen LogP contribution is 2.22. The maximum atomic E-state index is 12.3. The van der Waals surface area contributed by atoms with Crippen molar-refractivity contribution in [1.29, 1.82) is 0 Å². The lowest BCUT2D eigenvalue weighted by Gasteiger charge is -2.23. The number of amides is 1. The molecule has 5 nitrogen and oxygen atoms in total. The van der Waals surface area contributed by atoms with Crippen LogP contribution in [0.1, 0.15) is 61.8 Å². The maximum absolute atomic E-state index is 12.3. The third kappa shape index (κ3) is 6.77. The Morgan fingerprint density at radius 2 is 1.84 bits per heavy atom. The first kappa shape index (κ1) is 17.8. The summed E-state index contributed by atoms with van der Waals surface area (Å²) in [5.74, 6) is -0.746. The Balaban J connectivity index is 2.98. The minimum Gasteiger partial charge on any atom is -0.493 e. The summed E-state index contributed by atoms with van der Waals surface area (Å²) in [6, 6.07) is 5.49. The van der Waals surface area contributed by atoms with Gasteiger partial charge in [-0.15, -0.1) is 0 Å². The van der Waals surface area contributed by atoms with E-state index >= 15 is 0 Å². The summed E-state index contributed by atoms with van der Waals surface area (Å²) in [4.78, 5) is 24.4. The molecule has 0 unspecified atom stereocenters.